The molecule has 1 aliphatic heterocycles. The Hall–Kier alpha value is -4.11. The van der Waals surface area contributed by atoms with Crippen LogP contribution < -0.4 is 15.4 Å². The molecule has 158 valence electrons. The van der Waals surface area contributed by atoms with Crippen LogP contribution in [-0.2, 0) is 4.79 Å². The molecule has 0 radical (unpaired) electrons. The van der Waals surface area contributed by atoms with Gasteiger partial charge in [-0.3, -0.25) is 9.59 Å². The summed E-state index contributed by atoms with van der Waals surface area (Å²) in [6.07, 6.45) is 0. The molecule has 2 aromatic heterocycles. The van der Waals surface area contributed by atoms with Gasteiger partial charge in [-0.1, -0.05) is 22.7 Å². The maximum absolute atomic E-state index is 12.5. The standard InChI is InChI=1S/C23H17N5O3S/c1-13-22(32-28-27-13)23(30)24-16-5-2-4-14(10-16)17-6-3-7-18(25-17)15-8-9-20-19(11-15)26-21(29)12-31-20/h2-11H,12H2,1H3,(H,24,30)(H,26,29). The predicted molar refractivity (Wildman–Crippen MR) is 122 cm³/mol. The lowest BCUT2D eigenvalue weighted by Gasteiger charge is -2.18. The van der Waals surface area contributed by atoms with Crippen LogP contribution in [-0.4, -0.2) is 33.0 Å². The molecule has 2 N–H and O–H groups in total. The average Bonchev–Trinajstić information content (AvgIpc) is 3.25. The predicted octanol–water partition coefficient (Wildman–Crippen LogP) is 4.16. The lowest BCUT2D eigenvalue weighted by atomic mass is 10.1. The first-order valence-corrected chi connectivity index (χ1v) is 10.6. The summed E-state index contributed by atoms with van der Waals surface area (Å²) in [6, 6.07) is 18.8. The lowest BCUT2D eigenvalue weighted by Crippen LogP contribution is -2.25. The van der Waals surface area contributed by atoms with E-state index >= 15 is 0 Å². The Kier molecular flexibility index (Phi) is 5.08. The van der Waals surface area contributed by atoms with Gasteiger partial charge >= 0.3 is 0 Å². The summed E-state index contributed by atoms with van der Waals surface area (Å²) in [5, 5.41) is 9.59. The van der Waals surface area contributed by atoms with Crippen molar-refractivity contribution in [2.24, 2.45) is 0 Å². The zero-order valence-electron chi connectivity index (χ0n) is 17.0. The van der Waals surface area contributed by atoms with Gasteiger partial charge in [0, 0.05) is 16.8 Å². The maximum atomic E-state index is 12.5. The minimum absolute atomic E-state index is 0.0199. The molecule has 5 rings (SSSR count). The van der Waals surface area contributed by atoms with E-state index in [1.165, 1.54) is 0 Å². The number of benzene rings is 2. The first-order chi connectivity index (χ1) is 15.6. The zero-order valence-corrected chi connectivity index (χ0v) is 17.8. The first kappa shape index (κ1) is 19.8. The fraction of sp³-hybridized carbons (Fsp3) is 0.0870. The van der Waals surface area contributed by atoms with E-state index in [0.29, 0.717) is 27.7 Å². The van der Waals surface area contributed by atoms with E-state index in [1.807, 2.05) is 60.7 Å². The second kappa shape index (κ2) is 8.20. The van der Waals surface area contributed by atoms with E-state index in [1.54, 1.807) is 6.92 Å². The van der Waals surface area contributed by atoms with Crippen molar-refractivity contribution in [1.29, 1.82) is 0 Å². The highest BCUT2D eigenvalue weighted by Gasteiger charge is 2.17. The molecule has 0 spiro atoms. The highest BCUT2D eigenvalue weighted by molar-refractivity contribution is 7.08. The van der Waals surface area contributed by atoms with Gasteiger partial charge in [-0.15, -0.1) is 5.10 Å². The summed E-state index contributed by atoms with van der Waals surface area (Å²) < 4.78 is 9.23. The quantitative estimate of drug-likeness (QED) is 0.491. The molecule has 9 heteroatoms. The van der Waals surface area contributed by atoms with Gasteiger partial charge in [-0.2, -0.15) is 0 Å². The Labute approximate surface area is 187 Å². The highest BCUT2D eigenvalue weighted by atomic mass is 32.1. The fourth-order valence-electron chi connectivity index (χ4n) is 3.38. The third-order valence-corrected chi connectivity index (χ3v) is 5.76. The molecule has 0 bridgehead atoms. The topological polar surface area (TPSA) is 106 Å². The molecule has 3 heterocycles. The second-order valence-electron chi connectivity index (χ2n) is 7.18. The van der Waals surface area contributed by atoms with Crippen molar-refractivity contribution < 1.29 is 14.3 Å². The van der Waals surface area contributed by atoms with Crippen molar-refractivity contribution >= 4 is 34.7 Å². The number of aromatic nitrogens is 3. The Bertz CT molecular complexity index is 1350. The average molecular weight is 443 g/mol. The third kappa shape index (κ3) is 3.93. The van der Waals surface area contributed by atoms with Crippen molar-refractivity contribution in [3.63, 3.8) is 0 Å². The van der Waals surface area contributed by atoms with Gasteiger partial charge in [-0.05, 0) is 60.9 Å². The van der Waals surface area contributed by atoms with Crippen LogP contribution in [0.5, 0.6) is 5.75 Å². The van der Waals surface area contributed by atoms with Crippen LogP contribution in [0.15, 0.2) is 60.7 Å². The van der Waals surface area contributed by atoms with Gasteiger partial charge in [-0.25, -0.2) is 4.98 Å². The van der Waals surface area contributed by atoms with Gasteiger partial charge in [0.05, 0.1) is 22.8 Å². The van der Waals surface area contributed by atoms with Gasteiger partial charge in [0.15, 0.2) is 6.61 Å². The molecule has 0 saturated carbocycles. The van der Waals surface area contributed by atoms with Gasteiger partial charge in [0.2, 0.25) is 0 Å². The van der Waals surface area contributed by atoms with Crippen molar-refractivity contribution in [3.05, 3.63) is 71.2 Å². The number of carbonyl (C=O) groups excluding carboxylic acids is 2. The molecule has 1 aliphatic rings. The molecule has 4 aromatic rings. The van der Waals surface area contributed by atoms with Crippen LogP contribution in [0.2, 0.25) is 0 Å². The number of fused-ring (bicyclic) bond motifs is 1. The fourth-order valence-corrected chi connectivity index (χ4v) is 3.93. The van der Waals surface area contributed by atoms with E-state index in [2.05, 4.69) is 20.2 Å². The molecular formula is C23H17N5O3S. The van der Waals surface area contributed by atoms with Crippen LogP contribution in [0.3, 0.4) is 0 Å². The van der Waals surface area contributed by atoms with Crippen LogP contribution in [0.1, 0.15) is 15.4 Å². The number of hydrogen-bond donors (Lipinski definition) is 2. The Morgan fingerprint density at radius 3 is 2.62 bits per heavy atom. The Morgan fingerprint density at radius 2 is 1.84 bits per heavy atom. The van der Waals surface area contributed by atoms with E-state index in [-0.39, 0.29) is 18.4 Å². The number of rotatable bonds is 4. The highest BCUT2D eigenvalue weighted by Crippen LogP contribution is 2.33. The SMILES string of the molecule is Cc1nnsc1C(=O)Nc1cccc(-c2cccc(-c3ccc4c(c3)NC(=O)CO4)n2)c1. The van der Waals surface area contributed by atoms with E-state index in [9.17, 15) is 9.59 Å². The number of ether oxygens (including phenoxy) is 1. The first-order valence-electron chi connectivity index (χ1n) is 9.82. The summed E-state index contributed by atoms with van der Waals surface area (Å²) in [4.78, 5) is 29.4. The number of carbonyl (C=O) groups is 2. The van der Waals surface area contributed by atoms with Crippen molar-refractivity contribution in [2.75, 3.05) is 17.2 Å². The van der Waals surface area contributed by atoms with Crippen LogP contribution >= 0.6 is 11.5 Å². The number of pyridine rings is 1. The molecule has 0 saturated heterocycles. The number of nitrogens with one attached hydrogen (secondary N) is 2. The summed E-state index contributed by atoms with van der Waals surface area (Å²) in [5.74, 6) is 0.216. The minimum atomic E-state index is -0.241. The third-order valence-electron chi connectivity index (χ3n) is 4.93. The normalized spacial score (nSPS) is 12.5. The smallest absolute Gasteiger partial charge is 0.269 e. The molecule has 0 atom stereocenters. The molecule has 8 nitrogen and oxygen atoms in total. The number of aryl methyl sites for hydroxylation is 1. The monoisotopic (exact) mass is 443 g/mol. The summed E-state index contributed by atoms with van der Waals surface area (Å²) in [5.41, 5.74) is 5.11. The summed E-state index contributed by atoms with van der Waals surface area (Å²) in [7, 11) is 0. The number of hydrogen-bond acceptors (Lipinski definition) is 7. The van der Waals surface area contributed by atoms with Crippen LogP contribution in [0.4, 0.5) is 11.4 Å². The molecule has 2 aromatic carbocycles. The molecular weight excluding hydrogens is 426 g/mol. The Morgan fingerprint density at radius 1 is 1.06 bits per heavy atom. The van der Waals surface area contributed by atoms with Crippen molar-refractivity contribution in [1.82, 2.24) is 14.6 Å². The van der Waals surface area contributed by atoms with Gasteiger partial charge in [0.1, 0.15) is 10.6 Å². The minimum Gasteiger partial charge on any atom is -0.482 e. The van der Waals surface area contributed by atoms with E-state index < -0.39 is 0 Å². The summed E-state index contributed by atoms with van der Waals surface area (Å²) in [6.45, 7) is 1.77. The molecule has 0 fully saturated rings. The van der Waals surface area contributed by atoms with Gasteiger partial charge < -0.3 is 15.4 Å². The lowest BCUT2D eigenvalue weighted by molar-refractivity contribution is -0.118. The maximum Gasteiger partial charge on any atom is 0.269 e. The zero-order chi connectivity index (χ0) is 22.1. The van der Waals surface area contributed by atoms with Gasteiger partial charge in [0.25, 0.3) is 11.8 Å². The van der Waals surface area contributed by atoms with Crippen LogP contribution in [0.25, 0.3) is 22.5 Å². The van der Waals surface area contributed by atoms with Crippen molar-refractivity contribution in [3.8, 4) is 28.3 Å². The molecule has 2 amide bonds. The number of nitrogens with zero attached hydrogens (tertiary/aromatic N) is 3. The largest absolute Gasteiger partial charge is 0.482 e. The van der Waals surface area contributed by atoms with E-state index in [0.717, 1.165) is 34.0 Å². The summed E-state index contributed by atoms with van der Waals surface area (Å²) >= 11 is 1.07. The van der Waals surface area contributed by atoms with Crippen LogP contribution in [0, 0.1) is 6.92 Å². The molecule has 0 unspecified atom stereocenters. The molecule has 0 aliphatic carbocycles. The second-order valence-corrected chi connectivity index (χ2v) is 7.93. The number of anilines is 2. The van der Waals surface area contributed by atoms with Crippen molar-refractivity contribution in [2.45, 2.75) is 6.92 Å². The molecule has 32 heavy (non-hydrogen) atoms. The number of amides is 2. The Balaban J connectivity index is 1.42. The van der Waals surface area contributed by atoms with E-state index in [4.69, 9.17) is 9.72 Å².